The van der Waals surface area contributed by atoms with Crippen LogP contribution in [0.3, 0.4) is 0 Å². The first-order valence-electron chi connectivity index (χ1n) is 8.61. The van der Waals surface area contributed by atoms with Crippen LogP contribution in [0.2, 0.25) is 0 Å². The van der Waals surface area contributed by atoms with Gasteiger partial charge in [0.2, 0.25) is 0 Å². The third kappa shape index (κ3) is 4.51. The van der Waals surface area contributed by atoms with Crippen molar-refractivity contribution in [1.82, 2.24) is 0 Å². The number of hydrogen-bond acceptors (Lipinski definition) is 7. The van der Waals surface area contributed by atoms with E-state index in [0.29, 0.717) is 30.4 Å². The largest absolute Gasteiger partial charge is 0.508 e. The Morgan fingerprint density at radius 2 is 1.93 bits per heavy atom. The van der Waals surface area contributed by atoms with E-state index in [1.54, 1.807) is 18.2 Å². The summed E-state index contributed by atoms with van der Waals surface area (Å²) in [7, 11) is 0. The lowest BCUT2D eigenvalue weighted by atomic mass is 10.2. The molecule has 1 aliphatic rings. The van der Waals surface area contributed by atoms with Gasteiger partial charge < -0.3 is 24.2 Å². The molecule has 0 saturated carbocycles. The van der Waals surface area contributed by atoms with Crippen LogP contribution in [-0.4, -0.2) is 43.3 Å². The number of hydrogen-bond donors (Lipinski definition) is 1. The van der Waals surface area contributed by atoms with Crippen LogP contribution in [0.15, 0.2) is 42.5 Å². The van der Waals surface area contributed by atoms with E-state index in [4.69, 9.17) is 19.5 Å². The number of rotatable bonds is 6. The highest BCUT2D eigenvalue weighted by Crippen LogP contribution is 2.34. The Kier molecular flexibility index (Phi) is 5.97. The van der Waals surface area contributed by atoms with Crippen LogP contribution >= 0.6 is 0 Å². The van der Waals surface area contributed by atoms with Crippen molar-refractivity contribution < 1.29 is 28.9 Å². The van der Waals surface area contributed by atoms with Gasteiger partial charge in [0.15, 0.2) is 18.1 Å². The smallest absolute Gasteiger partial charge is 0.338 e. The molecule has 144 valence electrons. The molecule has 1 amide bonds. The molecule has 2 aromatic rings. The Morgan fingerprint density at radius 3 is 2.68 bits per heavy atom. The standard InChI is InChI=1S/C20H18N2O6/c21-7-2-8-22(15-5-6-17-18(12-15)27-10-9-26-17)19(24)13-28-20(25)14-3-1-4-16(23)11-14/h1,3-6,11-12,23H,2,8-10,13H2. The zero-order chi connectivity index (χ0) is 19.9. The molecule has 0 fully saturated rings. The Labute approximate surface area is 161 Å². The van der Waals surface area contributed by atoms with Gasteiger partial charge in [0.05, 0.1) is 18.1 Å². The van der Waals surface area contributed by atoms with Crippen molar-refractivity contribution in [3.8, 4) is 23.3 Å². The molecule has 8 nitrogen and oxygen atoms in total. The maximum Gasteiger partial charge on any atom is 0.338 e. The summed E-state index contributed by atoms with van der Waals surface area (Å²) in [4.78, 5) is 26.1. The van der Waals surface area contributed by atoms with Crippen LogP contribution in [0.1, 0.15) is 16.8 Å². The number of nitriles is 1. The number of anilines is 1. The molecule has 3 rings (SSSR count). The summed E-state index contributed by atoms with van der Waals surface area (Å²) in [5.74, 6) is -0.201. The lowest BCUT2D eigenvalue weighted by molar-refractivity contribution is -0.121. The minimum atomic E-state index is -0.730. The van der Waals surface area contributed by atoms with Crippen molar-refractivity contribution >= 4 is 17.6 Å². The normalized spacial score (nSPS) is 12.0. The minimum Gasteiger partial charge on any atom is -0.508 e. The number of aromatic hydroxyl groups is 1. The number of amides is 1. The zero-order valence-electron chi connectivity index (χ0n) is 15.0. The van der Waals surface area contributed by atoms with Gasteiger partial charge in [-0.3, -0.25) is 4.79 Å². The van der Waals surface area contributed by atoms with Gasteiger partial charge in [0.25, 0.3) is 5.91 Å². The molecule has 28 heavy (non-hydrogen) atoms. The predicted octanol–water partition coefficient (Wildman–Crippen LogP) is 2.27. The summed E-state index contributed by atoms with van der Waals surface area (Å²) in [6.45, 7) is 0.492. The van der Waals surface area contributed by atoms with Crippen LogP contribution in [-0.2, 0) is 9.53 Å². The molecule has 0 saturated heterocycles. The summed E-state index contributed by atoms with van der Waals surface area (Å²) in [5.41, 5.74) is 0.647. The highest BCUT2D eigenvalue weighted by Gasteiger charge is 2.21. The topological polar surface area (TPSA) is 109 Å². The average Bonchev–Trinajstić information content (AvgIpc) is 2.72. The summed E-state index contributed by atoms with van der Waals surface area (Å²) >= 11 is 0. The molecule has 8 heteroatoms. The van der Waals surface area contributed by atoms with Crippen molar-refractivity contribution in [2.45, 2.75) is 6.42 Å². The maximum absolute atomic E-state index is 12.6. The van der Waals surface area contributed by atoms with Crippen LogP contribution in [0, 0.1) is 11.3 Å². The molecule has 0 aliphatic carbocycles. The van der Waals surface area contributed by atoms with E-state index in [-0.39, 0.29) is 24.3 Å². The van der Waals surface area contributed by atoms with Gasteiger partial charge in [0.1, 0.15) is 19.0 Å². The Balaban J connectivity index is 1.71. The quantitative estimate of drug-likeness (QED) is 0.763. The molecule has 1 aliphatic heterocycles. The fourth-order valence-electron chi connectivity index (χ4n) is 2.68. The van der Waals surface area contributed by atoms with Crippen LogP contribution < -0.4 is 14.4 Å². The van der Waals surface area contributed by atoms with Crippen molar-refractivity contribution in [3.63, 3.8) is 0 Å². The molecule has 0 aromatic heterocycles. The fraction of sp³-hybridized carbons (Fsp3) is 0.250. The third-order valence-corrected chi connectivity index (χ3v) is 3.99. The monoisotopic (exact) mass is 382 g/mol. The highest BCUT2D eigenvalue weighted by molar-refractivity contribution is 5.97. The Morgan fingerprint density at radius 1 is 1.14 bits per heavy atom. The van der Waals surface area contributed by atoms with Gasteiger partial charge >= 0.3 is 5.97 Å². The van der Waals surface area contributed by atoms with Crippen molar-refractivity contribution in [2.75, 3.05) is 31.3 Å². The lowest BCUT2D eigenvalue weighted by Gasteiger charge is -2.24. The maximum atomic E-state index is 12.6. The van der Waals surface area contributed by atoms with Gasteiger partial charge in [-0.05, 0) is 30.3 Å². The molecule has 0 bridgehead atoms. The number of carbonyl (C=O) groups is 2. The third-order valence-electron chi connectivity index (χ3n) is 3.99. The molecule has 1 N–H and O–H groups in total. The Bertz CT molecular complexity index is 921. The highest BCUT2D eigenvalue weighted by atomic mass is 16.6. The van der Waals surface area contributed by atoms with E-state index < -0.39 is 18.5 Å². The first-order valence-corrected chi connectivity index (χ1v) is 8.61. The molecule has 2 aromatic carbocycles. The van der Waals surface area contributed by atoms with Gasteiger partial charge in [-0.25, -0.2) is 4.79 Å². The number of carbonyl (C=O) groups excluding carboxylic acids is 2. The molecule has 0 atom stereocenters. The molecular weight excluding hydrogens is 364 g/mol. The van der Waals surface area contributed by atoms with Gasteiger partial charge in [0, 0.05) is 18.3 Å². The molecule has 0 unspecified atom stereocenters. The predicted molar refractivity (Wildman–Crippen MR) is 98.4 cm³/mol. The number of esters is 1. The number of ether oxygens (including phenoxy) is 3. The SMILES string of the molecule is N#CCCN(C(=O)COC(=O)c1cccc(O)c1)c1ccc2c(c1)OCCO2. The van der Waals surface area contributed by atoms with Crippen molar-refractivity contribution in [3.05, 3.63) is 48.0 Å². The molecule has 0 radical (unpaired) electrons. The van der Waals surface area contributed by atoms with E-state index >= 15 is 0 Å². The summed E-state index contributed by atoms with van der Waals surface area (Å²) in [6, 6.07) is 12.7. The van der Waals surface area contributed by atoms with E-state index in [1.165, 1.54) is 29.2 Å². The van der Waals surface area contributed by atoms with Crippen LogP contribution in [0.25, 0.3) is 0 Å². The second-order valence-corrected chi connectivity index (χ2v) is 5.91. The van der Waals surface area contributed by atoms with Crippen molar-refractivity contribution in [1.29, 1.82) is 5.26 Å². The van der Waals surface area contributed by atoms with Crippen molar-refractivity contribution in [2.24, 2.45) is 0 Å². The van der Waals surface area contributed by atoms with Crippen LogP contribution in [0.4, 0.5) is 5.69 Å². The fourth-order valence-corrected chi connectivity index (χ4v) is 2.68. The second-order valence-electron chi connectivity index (χ2n) is 5.91. The van der Waals surface area contributed by atoms with E-state index in [9.17, 15) is 14.7 Å². The van der Waals surface area contributed by atoms with Gasteiger partial charge in [-0.2, -0.15) is 5.26 Å². The van der Waals surface area contributed by atoms with E-state index in [0.717, 1.165) is 0 Å². The lowest BCUT2D eigenvalue weighted by Crippen LogP contribution is -2.35. The zero-order valence-corrected chi connectivity index (χ0v) is 15.0. The number of phenolic OH excluding ortho intramolecular Hbond substituents is 1. The van der Waals surface area contributed by atoms with Gasteiger partial charge in [-0.1, -0.05) is 6.07 Å². The number of benzene rings is 2. The summed E-state index contributed by atoms with van der Waals surface area (Å²) < 4.78 is 16.1. The molecule has 1 heterocycles. The number of phenols is 1. The number of nitrogens with zero attached hydrogens (tertiary/aromatic N) is 2. The summed E-state index contributed by atoms with van der Waals surface area (Å²) in [6.07, 6.45) is 0.112. The first kappa shape index (κ1) is 19.0. The molecule has 0 spiro atoms. The Hall–Kier alpha value is -3.73. The summed E-state index contributed by atoms with van der Waals surface area (Å²) in [5, 5.41) is 18.3. The van der Waals surface area contributed by atoms with E-state index in [1.807, 2.05) is 6.07 Å². The second kappa shape index (κ2) is 8.77. The van der Waals surface area contributed by atoms with E-state index in [2.05, 4.69) is 0 Å². The van der Waals surface area contributed by atoms with Crippen LogP contribution in [0.5, 0.6) is 17.2 Å². The minimum absolute atomic E-state index is 0.0762. The average molecular weight is 382 g/mol. The first-order chi connectivity index (χ1) is 13.6. The van der Waals surface area contributed by atoms with Gasteiger partial charge in [-0.15, -0.1) is 0 Å². The number of fused-ring (bicyclic) bond motifs is 1. The molecular formula is C20H18N2O6.